The SMILES string of the molecule is COc1ccc(C2CCC(CN(C(=O)C3CCC(O)CC3)c3cccc(-c4cnc(C5CC5)s4)c3)CC2)cc1C.COc1ccc(C2CCC(CN(C(=O)C3CCC(O[Si](C)(C)C(C)(C)C)CC3)c3cccc(B4OC(C)(C)C(C)(C)O4)c3)CC2)cc1C. The molecule has 0 bridgehead atoms. The Morgan fingerprint density at radius 1 is 0.625 bits per heavy atom. The molecule has 11 nitrogen and oxygen atoms in total. The van der Waals surface area contributed by atoms with Crippen molar-refractivity contribution in [2.75, 3.05) is 37.1 Å². The Bertz CT molecular complexity index is 3140. The quantitative estimate of drug-likeness (QED) is 0.0908. The summed E-state index contributed by atoms with van der Waals surface area (Å²) in [6.07, 6.45) is 20.3. The molecule has 88 heavy (non-hydrogen) atoms. The minimum Gasteiger partial charge on any atom is -0.496 e. The van der Waals surface area contributed by atoms with Crippen molar-refractivity contribution in [3.05, 3.63) is 118 Å². The molecule has 5 aromatic rings. The van der Waals surface area contributed by atoms with Crippen molar-refractivity contribution in [1.82, 2.24) is 4.98 Å². The monoisotopic (exact) mass is 1230 g/mol. The molecule has 0 spiro atoms. The van der Waals surface area contributed by atoms with Crippen LogP contribution in [-0.4, -0.2) is 88.1 Å². The molecule has 0 radical (unpaired) electrons. The zero-order chi connectivity index (χ0) is 62.7. The first-order valence-corrected chi connectivity index (χ1v) is 37.4. The van der Waals surface area contributed by atoms with E-state index in [9.17, 15) is 14.7 Å². The molecule has 1 aliphatic heterocycles. The van der Waals surface area contributed by atoms with E-state index in [-0.39, 0.29) is 40.9 Å². The van der Waals surface area contributed by atoms with Crippen molar-refractivity contribution in [2.24, 2.45) is 23.7 Å². The lowest BCUT2D eigenvalue weighted by atomic mass is 9.77. The van der Waals surface area contributed by atoms with Gasteiger partial charge in [0, 0.05) is 54.5 Å². The Hall–Kier alpha value is -4.83. The van der Waals surface area contributed by atoms with Crippen LogP contribution in [0.4, 0.5) is 11.4 Å². The van der Waals surface area contributed by atoms with Gasteiger partial charge in [-0.1, -0.05) is 69.3 Å². The van der Waals surface area contributed by atoms with E-state index in [0.717, 1.165) is 150 Å². The van der Waals surface area contributed by atoms with Gasteiger partial charge in [0.25, 0.3) is 0 Å². The number of hydrogen-bond donors (Lipinski definition) is 1. The Labute approximate surface area is 533 Å². The van der Waals surface area contributed by atoms with Crippen LogP contribution in [-0.2, 0) is 23.3 Å². The number of benzene rings is 4. The first-order valence-electron chi connectivity index (χ1n) is 33.7. The average Bonchev–Trinajstić information content (AvgIpc) is 4.20. The summed E-state index contributed by atoms with van der Waals surface area (Å²) in [4.78, 5) is 38.7. The molecule has 11 rings (SSSR count). The zero-order valence-electron chi connectivity index (χ0n) is 55.6. The van der Waals surface area contributed by atoms with Crippen molar-refractivity contribution in [3.63, 3.8) is 0 Å². The number of carbonyl (C=O) groups excluding carboxylic acids is 2. The molecule has 2 heterocycles. The third-order valence-corrected chi connectivity index (χ3v) is 27.6. The highest BCUT2D eigenvalue weighted by atomic mass is 32.1. The number of hydrogen-bond acceptors (Lipinski definition) is 10. The molecule has 0 atom stereocenters. The lowest BCUT2D eigenvalue weighted by Gasteiger charge is -2.41. The van der Waals surface area contributed by atoms with Crippen LogP contribution in [0.5, 0.6) is 11.5 Å². The Balaban J connectivity index is 0.000000197. The number of aliphatic hydroxyl groups is 1. The van der Waals surface area contributed by atoms with Crippen LogP contribution >= 0.6 is 11.3 Å². The van der Waals surface area contributed by atoms with Crippen LogP contribution in [0.15, 0.2) is 91.1 Å². The van der Waals surface area contributed by atoms with E-state index < -0.39 is 26.6 Å². The van der Waals surface area contributed by atoms with E-state index in [1.807, 2.05) is 6.20 Å². The molecular weight excluding hydrogens is 1130 g/mol. The fraction of sp³-hybridized carbons (Fsp3) is 0.608. The first-order chi connectivity index (χ1) is 41.9. The summed E-state index contributed by atoms with van der Waals surface area (Å²) < 4.78 is 30.6. The number of aromatic nitrogens is 1. The summed E-state index contributed by atoms with van der Waals surface area (Å²) in [5.41, 5.74) is 8.45. The van der Waals surface area contributed by atoms with E-state index in [2.05, 4.69) is 170 Å². The number of ether oxygens (including phenoxy) is 2. The molecule has 14 heteroatoms. The van der Waals surface area contributed by atoms with E-state index in [1.165, 1.54) is 45.0 Å². The summed E-state index contributed by atoms with van der Waals surface area (Å²) in [5, 5.41) is 11.5. The van der Waals surface area contributed by atoms with Gasteiger partial charge in [0.15, 0.2) is 8.32 Å². The number of amides is 2. The molecule has 5 aliphatic carbocycles. The topological polar surface area (TPSA) is 120 Å². The second kappa shape index (κ2) is 28.0. The van der Waals surface area contributed by atoms with Gasteiger partial charge in [-0.2, -0.15) is 0 Å². The van der Waals surface area contributed by atoms with Crippen molar-refractivity contribution >= 4 is 55.4 Å². The normalized spacial score (nSPS) is 25.5. The van der Waals surface area contributed by atoms with Crippen LogP contribution < -0.4 is 24.7 Å². The Morgan fingerprint density at radius 2 is 1.09 bits per heavy atom. The lowest BCUT2D eigenvalue weighted by molar-refractivity contribution is -0.124. The van der Waals surface area contributed by atoms with Gasteiger partial charge in [-0.05, 0) is 269 Å². The van der Waals surface area contributed by atoms with E-state index in [4.69, 9.17) is 28.2 Å². The van der Waals surface area contributed by atoms with Gasteiger partial charge in [0.05, 0.1) is 41.4 Å². The highest BCUT2D eigenvalue weighted by molar-refractivity contribution is 7.15. The molecule has 1 saturated heterocycles. The molecule has 6 aliphatic rings. The molecule has 1 N–H and O–H groups in total. The molecule has 5 saturated carbocycles. The summed E-state index contributed by atoms with van der Waals surface area (Å²) in [5.74, 6) is 5.14. The Kier molecular flexibility index (Phi) is 21.0. The summed E-state index contributed by atoms with van der Waals surface area (Å²) in [7, 11) is 1.16. The number of aryl methyl sites for hydroxylation is 2. The summed E-state index contributed by atoms with van der Waals surface area (Å²) in [6.45, 7) is 25.7. The minimum atomic E-state index is -1.85. The maximum Gasteiger partial charge on any atom is 0.494 e. The number of rotatable bonds is 17. The highest BCUT2D eigenvalue weighted by Gasteiger charge is 2.52. The zero-order valence-corrected chi connectivity index (χ0v) is 57.4. The molecular formula is C74H104BN3O8SSi. The largest absolute Gasteiger partial charge is 0.496 e. The number of thiazole rings is 1. The van der Waals surface area contributed by atoms with Crippen LogP contribution in [0.25, 0.3) is 10.4 Å². The molecule has 6 fully saturated rings. The Morgan fingerprint density at radius 3 is 1.56 bits per heavy atom. The average molecular weight is 1230 g/mol. The van der Waals surface area contributed by atoms with Gasteiger partial charge in [-0.15, -0.1) is 11.3 Å². The minimum absolute atomic E-state index is 0.00413. The van der Waals surface area contributed by atoms with Gasteiger partial charge in [-0.3, -0.25) is 9.59 Å². The van der Waals surface area contributed by atoms with Gasteiger partial charge in [0.1, 0.15) is 11.5 Å². The number of methoxy groups -OCH3 is 2. The lowest BCUT2D eigenvalue weighted by Crippen LogP contribution is -2.46. The molecule has 2 amide bonds. The number of aliphatic hydroxyl groups excluding tert-OH is 1. The number of carbonyl (C=O) groups is 2. The van der Waals surface area contributed by atoms with Crippen molar-refractivity contribution in [2.45, 2.75) is 237 Å². The number of anilines is 2. The fourth-order valence-corrected chi connectivity index (χ4v) is 16.7. The van der Waals surface area contributed by atoms with E-state index >= 15 is 0 Å². The molecule has 1 aromatic heterocycles. The second-order valence-corrected chi connectivity index (χ2v) is 35.5. The standard InChI is InChI=1S/C40H62BNO5Si.C34H42N2O3S/c1-28-25-32(21-24-36(28)44-9)30-17-15-29(16-18-30)27-42(34-14-12-13-33(26-34)41-46-39(5,6)40(7,8)47-41)37(43)31-19-22-35(23-20-31)45-48(10,11)38(2,3)4;1-22-18-27(14-17-31(22)39-2)24-8-6-23(7-9-24)21-36(34(38)26-12-15-30(37)16-13-26)29-5-3-4-28(19-29)32-20-35-33(40-32)25-10-11-25/h12-14,21,24-26,29-31,35H,15-20,22-23,27H2,1-11H3;3-5,14,17-20,23-26,30,37H,6-13,15-16,21H2,1-2H3. The van der Waals surface area contributed by atoms with Gasteiger partial charge >= 0.3 is 7.12 Å². The van der Waals surface area contributed by atoms with Crippen molar-refractivity contribution in [3.8, 4) is 21.9 Å². The second-order valence-electron chi connectivity index (χ2n) is 29.7. The molecule has 0 unspecified atom stereocenters. The summed E-state index contributed by atoms with van der Waals surface area (Å²) in [6, 6.07) is 30.2. The van der Waals surface area contributed by atoms with Crippen LogP contribution in [0.3, 0.4) is 0 Å². The van der Waals surface area contributed by atoms with E-state index in [1.54, 1.807) is 25.6 Å². The highest BCUT2D eigenvalue weighted by Crippen LogP contribution is 2.46. The smallest absolute Gasteiger partial charge is 0.494 e. The number of nitrogens with zero attached hydrogens (tertiary/aromatic N) is 3. The van der Waals surface area contributed by atoms with Crippen molar-refractivity contribution in [1.29, 1.82) is 0 Å². The van der Waals surface area contributed by atoms with Crippen LogP contribution in [0, 0.1) is 37.5 Å². The van der Waals surface area contributed by atoms with Gasteiger partial charge in [-0.25, -0.2) is 4.98 Å². The fourth-order valence-electron chi connectivity index (χ4n) is 14.2. The predicted molar refractivity (Wildman–Crippen MR) is 363 cm³/mol. The predicted octanol–water partition coefficient (Wildman–Crippen LogP) is 17.1. The van der Waals surface area contributed by atoms with Gasteiger partial charge in [0.2, 0.25) is 11.8 Å². The maximum atomic E-state index is 14.6. The van der Waals surface area contributed by atoms with E-state index in [0.29, 0.717) is 29.6 Å². The van der Waals surface area contributed by atoms with Crippen LogP contribution in [0.2, 0.25) is 18.1 Å². The first kappa shape index (κ1) is 66.1. The molecule has 4 aromatic carbocycles. The van der Waals surface area contributed by atoms with Gasteiger partial charge < -0.3 is 38.1 Å². The third-order valence-electron chi connectivity index (χ3n) is 21.8. The van der Waals surface area contributed by atoms with Crippen LogP contribution in [0.1, 0.15) is 209 Å². The molecule has 476 valence electrons. The van der Waals surface area contributed by atoms with Crippen molar-refractivity contribution < 1.29 is 37.9 Å². The maximum absolute atomic E-state index is 14.6. The summed E-state index contributed by atoms with van der Waals surface area (Å²) >= 11 is 1.80. The third kappa shape index (κ3) is 15.7.